The van der Waals surface area contributed by atoms with Gasteiger partial charge in [0.05, 0.1) is 0 Å². The van der Waals surface area contributed by atoms with Crippen molar-refractivity contribution in [3.05, 3.63) is 0 Å². The Morgan fingerprint density at radius 2 is 1.58 bits per heavy atom. The molecule has 0 aromatic carbocycles. The summed E-state index contributed by atoms with van der Waals surface area (Å²) >= 11 is 0. The van der Waals surface area contributed by atoms with Crippen molar-refractivity contribution < 1.29 is 0 Å². The van der Waals surface area contributed by atoms with Gasteiger partial charge in [0.2, 0.25) is 0 Å². The molecule has 0 amide bonds. The number of likely N-dealkylation sites (tertiary alicyclic amines) is 1. The first-order valence-electron chi connectivity index (χ1n) is 8.63. The van der Waals surface area contributed by atoms with Crippen LogP contribution in [0.4, 0.5) is 0 Å². The zero-order chi connectivity index (χ0) is 14.1. The van der Waals surface area contributed by atoms with Crippen molar-refractivity contribution in [1.29, 1.82) is 0 Å². The third-order valence-electron chi connectivity index (χ3n) is 4.88. The second-order valence-corrected chi connectivity index (χ2v) is 6.76. The molecule has 0 bridgehead atoms. The van der Waals surface area contributed by atoms with Crippen LogP contribution in [0.15, 0.2) is 0 Å². The summed E-state index contributed by atoms with van der Waals surface area (Å²) in [6, 6.07) is 0.418. The van der Waals surface area contributed by atoms with Crippen LogP contribution in [0.5, 0.6) is 0 Å². The van der Waals surface area contributed by atoms with Crippen molar-refractivity contribution in [1.82, 2.24) is 4.90 Å². The molecule has 1 saturated heterocycles. The van der Waals surface area contributed by atoms with Crippen LogP contribution in [-0.2, 0) is 0 Å². The van der Waals surface area contributed by atoms with E-state index in [-0.39, 0.29) is 0 Å². The normalized spacial score (nSPS) is 23.7. The molecule has 1 fully saturated rings. The highest BCUT2D eigenvalue weighted by Gasteiger charge is 2.34. The van der Waals surface area contributed by atoms with Gasteiger partial charge in [0.25, 0.3) is 0 Å². The van der Waals surface area contributed by atoms with Gasteiger partial charge in [-0.05, 0) is 26.2 Å². The Balaban J connectivity index is 2.45. The van der Waals surface area contributed by atoms with E-state index in [0.29, 0.717) is 11.6 Å². The van der Waals surface area contributed by atoms with Gasteiger partial charge in [-0.2, -0.15) is 0 Å². The number of hydrogen-bond donors (Lipinski definition) is 1. The van der Waals surface area contributed by atoms with Gasteiger partial charge in [-0.3, -0.25) is 4.90 Å². The maximum absolute atomic E-state index is 6.11. The lowest BCUT2D eigenvalue weighted by molar-refractivity contribution is 0.106. The molecule has 2 N–H and O–H groups in total. The minimum absolute atomic E-state index is 0.414. The average Bonchev–Trinajstić information content (AvgIpc) is 2.82. The van der Waals surface area contributed by atoms with Crippen LogP contribution >= 0.6 is 0 Å². The highest BCUT2D eigenvalue weighted by Crippen LogP contribution is 2.31. The second kappa shape index (κ2) is 8.97. The molecule has 0 spiro atoms. The molecule has 2 atom stereocenters. The minimum Gasteiger partial charge on any atom is -0.326 e. The molecule has 1 rings (SSSR count). The SMILES string of the molecule is CCCCCCC(C)(CCCCC)N1CCC(N)C1. The van der Waals surface area contributed by atoms with Crippen LogP contribution in [0.1, 0.15) is 85.0 Å². The topological polar surface area (TPSA) is 29.3 Å². The lowest BCUT2D eigenvalue weighted by Crippen LogP contribution is -2.46. The van der Waals surface area contributed by atoms with Crippen LogP contribution in [0.25, 0.3) is 0 Å². The molecule has 1 heterocycles. The lowest BCUT2D eigenvalue weighted by atomic mass is 9.86. The van der Waals surface area contributed by atoms with Crippen LogP contribution < -0.4 is 5.73 Å². The van der Waals surface area contributed by atoms with Crippen LogP contribution in [-0.4, -0.2) is 29.6 Å². The smallest absolute Gasteiger partial charge is 0.0182 e. The maximum atomic E-state index is 6.11. The Hall–Kier alpha value is -0.0800. The molecule has 2 nitrogen and oxygen atoms in total. The summed E-state index contributed by atoms with van der Waals surface area (Å²) in [6.07, 6.45) is 13.5. The molecular weight excluding hydrogens is 232 g/mol. The van der Waals surface area contributed by atoms with Crippen molar-refractivity contribution in [3.63, 3.8) is 0 Å². The van der Waals surface area contributed by atoms with Crippen molar-refractivity contribution in [2.24, 2.45) is 5.73 Å². The molecule has 2 unspecified atom stereocenters. The van der Waals surface area contributed by atoms with E-state index in [0.717, 1.165) is 6.54 Å². The van der Waals surface area contributed by atoms with Crippen LogP contribution in [0.3, 0.4) is 0 Å². The van der Waals surface area contributed by atoms with Gasteiger partial charge in [0, 0.05) is 24.7 Å². The first kappa shape index (κ1) is 17.0. The zero-order valence-corrected chi connectivity index (χ0v) is 13.6. The molecule has 1 aliphatic rings. The van der Waals surface area contributed by atoms with Crippen LogP contribution in [0, 0.1) is 0 Å². The molecule has 0 aromatic heterocycles. The van der Waals surface area contributed by atoms with Gasteiger partial charge in [-0.1, -0.05) is 58.8 Å². The highest BCUT2D eigenvalue weighted by atomic mass is 15.2. The van der Waals surface area contributed by atoms with E-state index >= 15 is 0 Å². The quantitative estimate of drug-likeness (QED) is 0.598. The van der Waals surface area contributed by atoms with Crippen molar-refractivity contribution >= 4 is 0 Å². The van der Waals surface area contributed by atoms with Crippen LogP contribution in [0.2, 0.25) is 0 Å². The van der Waals surface area contributed by atoms with Gasteiger partial charge < -0.3 is 5.73 Å². The molecule has 114 valence electrons. The zero-order valence-electron chi connectivity index (χ0n) is 13.6. The summed E-state index contributed by atoms with van der Waals surface area (Å²) in [6.45, 7) is 9.42. The van der Waals surface area contributed by atoms with E-state index in [9.17, 15) is 0 Å². The third kappa shape index (κ3) is 5.83. The molecule has 2 heteroatoms. The summed E-state index contributed by atoms with van der Waals surface area (Å²) in [5.74, 6) is 0. The van der Waals surface area contributed by atoms with E-state index < -0.39 is 0 Å². The fraction of sp³-hybridized carbons (Fsp3) is 1.00. The van der Waals surface area contributed by atoms with Gasteiger partial charge in [-0.25, -0.2) is 0 Å². The first-order valence-corrected chi connectivity index (χ1v) is 8.63. The van der Waals surface area contributed by atoms with Crippen molar-refractivity contribution in [3.8, 4) is 0 Å². The Morgan fingerprint density at radius 3 is 2.11 bits per heavy atom. The Morgan fingerprint density at radius 1 is 1.00 bits per heavy atom. The van der Waals surface area contributed by atoms with E-state index in [1.807, 2.05) is 0 Å². The van der Waals surface area contributed by atoms with Gasteiger partial charge >= 0.3 is 0 Å². The summed E-state index contributed by atoms with van der Waals surface area (Å²) in [4.78, 5) is 2.69. The Labute approximate surface area is 121 Å². The van der Waals surface area contributed by atoms with Gasteiger partial charge in [-0.15, -0.1) is 0 Å². The number of rotatable bonds is 10. The summed E-state index contributed by atoms with van der Waals surface area (Å²) in [5.41, 5.74) is 6.53. The number of unbranched alkanes of at least 4 members (excludes halogenated alkanes) is 5. The Kier molecular flexibility index (Phi) is 8.01. The molecule has 0 aromatic rings. The summed E-state index contributed by atoms with van der Waals surface area (Å²) in [7, 11) is 0. The molecule has 0 radical (unpaired) electrons. The maximum Gasteiger partial charge on any atom is 0.0182 e. The molecule has 19 heavy (non-hydrogen) atoms. The Bertz CT molecular complexity index is 229. The minimum atomic E-state index is 0.414. The monoisotopic (exact) mass is 268 g/mol. The standard InChI is InChI=1S/C17H36N2/c1-4-6-8-10-13-17(3,12-9-7-5-2)19-14-11-16(18)15-19/h16H,4-15,18H2,1-3H3. The predicted molar refractivity (Wildman–Crippen MR) is 85.5 cm³/mol. The van der Waals surface area contributed by atoms with Gasteiger partial charge in [0.15, 0.2) is 0 Å². The highest BCUT2D eigenvalue weighted by molar-refractivity contribution is 4.92. The number of nitrogens with two attached hydrogens (primary N) is 1. The number of hydrogen-bond acceptors (Lipinski definition) is 2. The first-order chi connectivity index (χ1) is 9.12. The molecule has 0 aliphatic carbocycles. The van der Waals surface area contributed by atoms with E-state index in [4.69, 9.17) is 5.73 Å². The molecule has 0 saturated carbocycles. The average molecular weight is 268 g/mol. The summed E-state index contributed by atoms with van der Waals surface area (Å²) in [5, 5.41) is 0. The van der Waals surface area contributed by atoms with E-state index in [2.05, 4.69) is 25.7 Å². The lowest BCUT2D eigenvalue weighted by Gasteiger charge is -2.39. The van der Waals surface area contributed by atoms with Crippen molar-refractivity contribution in [2.45, 2.75) is 96.6 Å². The third-order valence-corrected chi connectivity index (χ3v) is 4.88. The van der Waals surface area contributed by atoms with E-state index in [1.165, 1.54) is 70.8 Å². The second-order valence-electron chi connectivity index (χ2n) is 6.76. The fourth-order valence-corrected chi connectivity index (χ4v) is 3.41. The number of nitrogens with zero attached hydrogens (tertiary/aromatic N) is 1. The largest absolute Gasteiger partial charge is 0.326 e. The van der Waals surface area contributed by atoms with Crippen molar-refractivity contribution in [2.75, 3.05) is 13.1 Å². The van der Waals surface area contributed by atoms with Gasteiger partial charge in [0.1, 0.15) is 0 Å². The molecule has 1 aliphatic heterocycles. The van der Waals surface area contributed by atoms with E-state index in [1.54, 1.807) is 0 Å². The fourth-order valence-electron chi connectivity index (χ4n) is 3.41. The predicted octanol–water partition coefficient (Wildman–Crippen LogP) is 4.33. The summed E-state index contributed by atoms with van der Waals surface area (Å²) < 4.78 is 0. The molecular formula is C17H36N2.